The largest absolute Gasteiger partial charge is 0.381 e. The smallest absolute Gasteiger partial charge is 0.251 e. The second-order valence-electron chi connectivity index (χ2n) is 6.36. The Bertz CT molecular complexity index is 647. The van der Waals surface area contributed by atoms with Crippen LogP contribution in [0.2, 0.25) is 0 Å². The molecule has 2 heterocycles. The Morgan fingerprint density at radius 2 is 1.92 bits per heavy atom. The quantitative estimate of drug-likeness (QED) is 0.899. The van der Waals surface area contributed by atoms with Crippen LogP contribution in [0.15, 0.2) is 41.8 Å². The minimum Gasteiger partial charge on any atom is -0.381 e. The molecule has 0 bridgehead atoms. The van der Waals surface area contributed by atoms with E-state index in [0.717, 1.165) is 31.7 Å². The van der Waals surface area contributed by atoms with Gasteiger partial charge in [0.15, 0.2) is 0 Å². The molecule has 4 nitrogen and oxygen atoms in total. The molecule has 0 saturated carbocycles. The topological polar surface area (TPSA) is 41.6 Å². The number of nitrogens with one attached hydrogen (secondary N) is 1. The highest BCUT2D eigenvalue weighted by molar-refractivity contribution is 7.10. The van der Waals surface area contributed by atoms with Crippen LogP contribution in [0.5, 0.6) is 0 Å². The minimum absolute atomic E-state index is 0.00908. The van der Waals surface area contributed by atoms with Gasteiger partial charge in [-0.2, -0.15) is 0 Å². The Kier molecular flexibility index (Phi) is 5.53. The van der Waals surface area contributed by atoms with Crippen molar-refractivity contribution >= 4 is 22.9 Å². The molecule has 1 atom stereocenters. The number of thiophene rings is 1. The molecule has 5 heteroatoms. The third-order valence-corrected chi connectivity index (χ3v) is 5.47. The van der Waals surface area contributed by atoms with Crippen LogP contribution in [-0.2, 0) is 4.74 Å². The number of ether oxygens (including phenoxy) is 1. The first-order valence-corrected chi connectivity index (χ1v) is 9.22. The fourth-order valence-corrected chi connectivity index (χ4v) is 3.94. The van der Waals surface area contributed by atoms with Gasteiger partial charge in [0.2, 0.25) is 0 Å². The molecule has 1 saturated heterocycles. The first-order chi connectivity index (χ1) is 11.6. The van der Waals surface area contributed by atoms with Gasteiger partial charge in [-0.15, -0.1) is 11.3 Å². The van der Waals surface area contributed by atoms with E-state index in [1.165, 1.54) is 4.88 Å². The fourth-order valence-electron chi connectivity index (χ4n) is 3.07. The zero-order valence-electron chi connectivity index (χ0n) is 14.2. The number of anilines is 1. The van der Waals surface area contributed by atoms with E-state index in [4.69, 9.17) is 4.74 Å². The fraction of sp³-hybridized carbons (Fsp3) is 0.421. The van der Waals surface area contributed by atoms with Crippen molar-refractivity contribution in [2.75, 3.05) is 32.2 Å². The molecule has 128 valence electrons. The number of hydrogen-bond donors (Lipinski definition) is 1. The van der Waals surface area contributed by atoms with Gasteiger partial charge in [0.25, 0.3) is 5.91 Å². The normalized spacial score (nSPS) is 16.6. The predicted octanol–water partition coefficient (Wildman–Crippen LogP) is 3.71. The van der Waals surface area contributed by atoms with Crippen LogP contribution in [0.4, 0.5) is 5.69 Å². The Balaban J connectivity index is 1.75. The third kappa shape index (κ3) is 3.97. The maximum absolute atomic E-state index is 12.7. The highest BCUT2D eigenvalue weighted by Gasteiger charge is 2.27. The molecule has 1 aliphatic heterocycles. The molecule has 3 rings (SSSR count). The van der Waals surface area contributed by atoms with Crippen molar-refractivity contribution in [3.8, 4) is 0 Å². The molecule has 1 aromatic carbocycles. The van der Waals surface area contributed by atoms with E-state index in [9.17, 15) is 4.79 Å². The number of carbonyl (C=O) groups excluding carboxylic acids is 1. The van der Waals surface area contributed by atoms with Gasteiger partial charge in [0, 0.05) is 43.4 Å². The molecular weight excluding hydrogens is 320 g/mol. The average molecular weight is 344 g/mol. The summed E-state index contributed by atoms with van der Waals surface area (Å²) < 4.78 is 5.48. The third-order valence-electron chi connectivity index (χ3n) is 4.52. The van der Waals surface area contributed by atoms with Gasteiger partial charge in [-0.3, -0.25) is 4.79 Å². The Hall–Kier alpha value is -1.85. The molecule has 1 unspecified atom stereocenters. The van der Waals surface area contributed by atoms with Crippen LogP contribution in [-0.4, -0.2) is 33.2 Å². The number of nitrogens with zero attached hydrogens (tertiary/aromatic N) is 1. The van der Waals surface area contributed by atoms with Gasteiger partial charge in [0.1, 0.15) is 0 Å². The summed E-state index contributed by atoms with van der Waals surface area (Å²) in [5, 5.41) is 5.33. The van der Waals surface area contributed by atoms with Crippen molar-refractivity contribution in [3.63, 3.8) is 0 Å². The van der Waals surface area contributed by atoms with E-state index in [1.807, 2.05) is 49.3 Å². The molecule has 0 spiro atoms. The van der Waals surface area contributed by atoms with Crippen LogP contribution < -0.4 is 10.2 Å². The van der Waals surface area contributed by atoms with Crippen LogP contribution >= 0.6 is 11.3 Å². The lowest BCUT2D eigenvalue weighted by molar-refractivity contribution is 0.0518. The first-order valence-electron chi connectivity index (χ1n) is 8.34. The SMILES string of the molecule is CN(C)c1ccc(C(=O)NC(c2cccs2)C2CCOCC2)cc1. The maximum Gasteiger partial charge on any atom is 0.251 e. The van der Waals surface area contributed by atoms with Gasteiger partial charge < -0.3 is 15.0 Å². The number of rotatable bonds is 5. The number of amides is 1. The molecular formula is C19H24N2O2S. The molecule has 0 radical (unpaired) electrons. The average Bonchev–Trinajstić information content (AvgIpc) is 3.14. The molecule has 1 aliphatic rings. The summed E-state index contributed by atoms with van der Waals surface area (Å²) in [7, 11) is 3.99. The summed E-state index contributed by atoms with van der Waals surface area (Å²) in [6.07, 6.45) is 1.98. The van der Waals surface area contributed by atoms with Gasteiger partial charge in [0.05, 0.1) is 6.04 Å². The molecule has 1 fully saturated rings. The van der Waals surface area contributed by atoms with E-state index in [-0.39, 0.29) is 11.9 Å². The lowest BCUT2D eigenvalue weighted by atomic mass is 9.90. The lowest BCUT2D eigenvalue weighted by Crippen LogP contribution is -2.35. The summed E-state index contributed by atoms with van der Waals surface area (Å²) in [4.78, 5) is 16.0. The zero-order chi connectivity index (χ0) is 16.9. The molecule has 24 heavy (non-hydrogen) atoms. The molecule has 1 aromatic heterocycles. The Morgan fingerprint density at radius 1 is 1.21 bits per heavy atom. The zero-order valence-corrected chi connectivity index (χ0v) is 15.0. The standard InChI is InChI=1S/C19H24N2O2S/c1-21(2)16-7-5-15(6-8-16)19(22)20-18(17-4-3-13-24-17)14-9-11-23-12-10-14/h3-8,13-14,18H,9-12H2,1-2H3,(H,20,22). The minimum atomic E-state index is -0.00908. The Morgan fingerprint density at radius 3 is 2.50 bits per heavy atom. The van der Waals surface area contributed by atoms with E-state index in [2.05, 4.69) is 16.8 Å². The monoisotopic (exact) mass is 344 g/mol. The molecule has 1 N–H and O–H groups in total. The van der Waals surface area contributed by atoms with Crippen molar-refractivity contribution in [1.82, 2.24) is 5.32 Å². The van der Waals surface area contributed by atoms with Crippen molar-refractivity contribution in [2.24, 2.45) is 5.92 Å². The number of benzene rings is 1. The van der Waals surface area contributed by atoms with Crippen LogP contribution in [0.25, 0.3) is 0 Å². The Labute approximate surface area is 147 Å². The molecule has 2 aromatic rings. The second kappa shape index (κ2) is 7.81. The summed E-state index contributed by atoms with van der Waals surface area (Å²) >= 11 is 1.71. The highest BCUT2D eigenvalue weighted by atomic mass is 32.1. The lowest BCUT2D eigenvalue weighted by Gasteiger charge is -2.30. The van der Waals surface area contributed by atoms with Gasteiger partial charge in [-0.1, -0.05) is 6.07 Å². The van der Waals surface area contributed by atoms with E-state index in [1.54, 1.807) is 11.3 Å². The van der Waals surface area contributed by atoms with Gasteiger partial charge in [-0.05, 0) is 54.5 Å². The predicted molar refractivity (Wildman–Crippen MR) is 98.8 cm³/mol. The summed E-state index contributed by atoms with van der Waals surface area (Å²) in [6, 6.07) is 12.0. The van der Waals surface area contributed by atoms with Gasteiger partial charge >= 0.3 is 0 Å². The number of carbonyl (C=O) groups is 1. The second-order valence-corrected chi connectivity index (χ2v) is 7.34. The maximum atomic E-state index is 12.7. The van der Waals surface area contributed by atoms with Crippen molar-refractivity contribution < 1.29 is 9.53 Å². The highest BCUT2D eigenvalue weighted by Crippen LogP contribution is 2.32. The van der Waals surface area contributed by atoms with Crippen molar-refractivity contribution in [2.45, 2.75) is 18.9 Å². The van der Waals surface area contributed by atoms with Crippen molar-refractivity contribution in [1.29, 1.82) is 0 Å². The van der Waals surface area contributed by atoms with Crippen LogP contribution in [0, 0.1) is 5.92 Å². The first kappa shape index (κ1) is 17.0. The van der Waals surface area contributed by atoms with E-state index < -0.39 is 0 Å². The van der Waals surface area contributed by atoms with Crippen molar-refractivity contribution in [3.05, 3.63) is 52.2 Å². The number of hydrogen-bond acceptors (Lipinski definition) is 4. The van der Waals surface area contributed by atoms with Gasteiger partial charge in [-0.25, -0.2) is 0 Å². The summed E-state index contributed by atoms with van der Waals surface area (Å²) in [6.45, 7) is 1.56. The summed E-state index contributed by atoms with van der Waals surface area (Å²) in [5.41, 5.74) is 1.79. The van der Waals surface area contributed by atoms with E-state index in [0.29, 0.717) is 11.5 Å². The van der Waals surface area contributed by atoms with Crippen LogP contribution in [0.3, 0.4) is 0 Å². The summed E-state index contributed by atoms with van der Waals surface area (Å²) in [5.74, 6) is 0.424. The molecule has 0 aliphatic carbocycles. The van der Waals surface area contributed by atoms with Crippen LogP contribution in [0.1, 0.15) is 34.1 Å². The van der Waals surface area contributed by atoms with E-state index >= 15 is 0 Å². The molecule has 1 amide bonds.